The Morgan fingerprint density at radius 1 is 1.42 bits per heavy atom. The second-order valence-electron chi connectivity index (χ2n) is 7.40. The van der Waals surface area contributed by atoms with Gasteiger partial charge in [0.25, 0.3) is 0 Å². The van der Waals surface area contributed by atoms with Gasteiger partial charge in [-0.05, 0) is 23.7 Å². The van der Waals surface area contributed by atoms with Gasteiger partial charge in [0, 0.05) is 38.0 Å². The van der Waals surface area contributed by atoms with Gasteiger partial charge < -0.3 is 14.5 Å². The summed E-state index contributed by atoms with van der Waals surface area (Å²) >= 11 is 0. The van der Waals surface area contributed by atoms with Crippen molar-refractivity contribution in [1.82, 2.24) is 30.0 Å². The largest absolute Gasteiger partial charge is 0.472 e. The molecule has 1 fully saturated rings. The zero-order chi connectivity index (χ0) is 21.8. The first-order valence-electron chi connectivity index (χ1n) is 10.0. The van der Waals surface area contributed by atoms with E-state index in [1.807, 2.05) is 48.4 Å². The molecule has 0 unspecified atom stereocenters. The molecule has 1 aromatic carbocycles. The molecule has 4 rings (SSSR count). The molecule has 1 aliphatic rings. The van der Waals surface area contributed by atoms with Crippen LogP contribution in [0.4, 0.5) is 0 Å². The highest BCUT2D eigenvalue weighted by Gasteiger charge is 2.27. The molecule has 2 N–H and O–H groups in total. The number of amides is 1. The van der Waals surface area contributed by atoms with Gasteiger partial charge in [-0.2, -0.15) is 5.10 Å². The molecule has 0 bridgehead atoms. The van der Waals surface area contributed by atoms with Gasteiger partial charge in [0.05, 0.1) is 6.54 Å². The number of nitrogens with one attached hydrogen (secondary N) is 2. The molecule has 2 aromatic heterocycles. The smallest absolute Gasteiger partial charge is 0.340 e. The number of benzene rings is 1. The molecule has 0 aliphatic carbocycles. The Bertz CT molecular complexity index is 1180. The van der Waals surface area contributed by atoms with Gasteiger partial charge in [0.15, 0.2) is 5.82 Å². The first-order chi connectivity index (χ1) is 15.0. The van der Waals surface area contributed by atoms with Crippen LogP contribution in [0.15, 0.2) is 60.1 Å². The Balaban J connectivity index is 1.50. The number of carbonyl (C=O) groups excluding carboxylic acids is 1. The zero-order valence-electron chi connectivity index (χ0n) is 17.2. The third-order valence-corrected chi connectivity index (χ3v) is 5.15. The highest BCUT2D eigenvalue weighted by molar-refractivity contribution is 5.89. The van der Waals surface area contributed by atoms with E-state index in [2.05, 4.69) is 26.7 Å². The first kappa shape index (κ1) is 20.4. The fraction of sp³-hybridized carbons (Fsp3) is 0.273. The van der Waals surface area contributed by atoms with Crippen LogP contribution in [0.1, 0.15) is 6.42 Å². The maximum atomic E-state index is 12.4. The second kappa shape index (κ2) is 8.86. The number of rotatable bonds is 7. The van der Waals surface area contributed by atoms with Crippen molar-refractivity contribution in [2.24, 2.45) is 0 Å². The summed E-state index contributed by atoms with van der Waals surface area (Å²) in [6.07, 6.45) is 5.66. The molecule has 1 amide bonds. The number of nitrogens with zero attached hydrogens (tertiary/aromatic N) is 4. The minimum atomic E-state index is -0.398. The summed E-state index contributed by atoms with van der Waals surface area (Å²) in [4.78, 5) is 34.7. The lowest BCUT2D eigenvalue weighted by atomic mass is 10.1. The van der Waals surface area contributed by atoms with Crippen molar-refractivity contribution >= 4 is 16.7 Å². The topological polar surface area (TPSA) is 107 Å². The van der Waals surface area contributed by atoms with E-state index in [1.165, 1.54) is 0 Å². The third-order valence-electron chi connectivity index (χ3n) is 5.15. The van der Waals surface area contributed by atoms with Gasteiger partial charge >= 0.3 is 5.69 Å². The number of pyridine rings is 1. The molecule has 1 aliphatic heterocycles. The van der Waals surface area contributed by atoms with Gasteiger partial charge in [-0.15, -0.1) is 0 Å². The number of hydrogen-bond donors (Lipinski definition) is 2. The Morgan fingerprint density at radius 2 is 2.26 bits per heavy atom. The van der Waals surface area contributed by atoms with Crippen LogP contribution in [0, 0.1) is 0 Å². The summed E-state index contributed by atoms with van der Waals surface area (Å²) in [7, 11) is 1.89. The molecule has 31 heavy (non-hydrogen) atoms. The lowest BCUT2D eigenvalue weighted by molar-refractivity contribution is -0.125. The molecule has 1 saturated heterocycles. The highest BCUT2D eigenvalue weighted by atomic mass is 16.5. The number of fused-ring (bicyclic) bond motifs is 1. The van der Waals surface area contributed by atoms with Crippen molar-refractivity contribution < 1.29 is 9.53 Å². The fourth-order valence-corrected chi connectivity index (χ4v) is 3.45. The lowest BCUT2D eigenvalue weighted by Gasteiger charge is -2.17. The highest BCUT2D eigenvalue weighted by Crippen LogP contribution is 2.29. The maximum absolute atomic E-state index is 12.4. The van der Waals surface area contributed by atoms with Gasteiger partial charge in [-0.3, -0.25) is 9.78 Å². The molecule has 3 heterocycles. The number of ether oxygens (including phenoxy) is 1. The molecular formula is C22H24N6O3. The van der Waals surface area contributed by atoms with Crippen LogP contribution in [0.25, 0.3) is 22.3 Å². The SMILES string of the molecule is C=CN(C)C/C=C/C(=O)N1CC[C@H](Oc2nc(-c3n[nH]c(=O)[nH]3)cc3ccccc23)C1. The van der Waals surface area contributed by atoms with Gasteiger partial charge in [-0.1, -0.05) is 30.9 Å². The lowest BCUT2D eigenvalue weighted by Crippen LogP contribution is -2.29. The van der Waals surface area contributed by atoms with Crippen LogP contribution in [0.3, 0.4) is 0 Å². The summed E-state index contributed by atoms with van der Waals surface area (Å²) in [5.74, 6) is 0.766. The van der Waals surface area contributed by atoms with E-state index in [1.54, 1.807) is 17.2 Å². The Kier molecular flexibility index (Phi) is 5.83. The number of aromatic nitrogens is 4. The van der Waals surface area contributed by atoms with Crippen molar-refractivity contribution in [3.05, 3.63) is 65.7 Å². The van der Waals surface area contributed by atoms with E-state index in [-0.39, 0.29) is 12.0 Å². The van der Waals surface area contributed by atoms with E-state index in [4.69, 9.17) is 4.74 Å². The van der Waals surface area contributed by atoms with E-state index in [0.717, 1.165) is 10.8 Å². The standard InChI is InChI=1S/C22H24N6O3/c1-3-27(2)11-6-9-19(29)28-12-10-16(14-28)31-21-17-8-5-4-7-15(17)13-18(23-21)20-24-22(30)26-25-20/h3-9,13,16H,1,10-12,14H2,2H3,(H2,24,25,26,30)/b9-6+/t16-/m0/s1. The third kappa shape index (κ3) is 4.66. The minimum absolute atomic E-state index is 0.0378. The van der Waals surface area contributed by atoms with Crippen LogP contribution >= 0.6 is 0 Å². The van der Waals surface area contributed by atoms with Crippen molar-refractivity contribution in [2.75, 3.05) is 26.7 Å². The number of carbonyl (C=O) groups is 1. The fourth-order valence-electron chi connectivity index (χ4n) is 3.45. The molecule has 0 spiro atoms. The van der Waals surface area contributed by atoms with Gasteiger partial charge in [0.2, 0.25) is 11.8 Å². The van der Waals surface area contributed by atoms with Crippen LogP contribution in [0.2, 0.25) is 0 Å². The molecule has 0 radical (unpaired) electrons. The molecule has 1 atom stereocenters. The van der Waals surface area contributed by atoms with Crippen LogP contribution in [-0.2, 0) is 4.79 Å². The number of hydrogen-bond acceptors (Lipinski definition) is 6. The van der Waals surface area contributed by atoms with E-state index >= 15 is 0 Å². The summed E-state index contributed by atoms with van der Waals surface area (Å²) in [5, 5.41) is 8.10. The predicted octanol–water partition coefficient (Wildman–Crippen LogP) is 1.92. The van der Waals surface area contributed by atoms with Crippen LogP contribution < -0.4 is 10.4 Å². The predicted molar refractivity (Wildman–Crippen MR) is 118 cm³/mol. The molecule has 9 nitrogen and oxygen atoms in total. The number of likely N-dealkylation sites (N-methyl/N-ethyl adjacent to an activating group) is 1. The number of H-pyrrole nitrogens is 2. The molecule has 3 aromatic rings. The first-order valence-corrected chi connectivity index (χ1v) is 10.0. The number of likely N-dealkylation sites (tertiary alicyclic amines) is 1. The Labute approximate surface area is 179 Å². The van der Waals surface area contributed by atoms with E-state index < -0.39 is 5.69 Å². The molecule has 160 valence electrons. The van der Waals surface area contributed by atoms with Gasteiger partial charge in [-0.25, -0.2) is 14.9 Å². The second-order valence-corrected chi connectivity index (χ2v) is 7.40. The minimum Gasteiger partial charge on any atom is -0.472 e. The zero-order valence-corrected chi connectivity index (χ0v) is 17.2. The number of aromatic amines is 2. The van der Waals surface area contributed by atoms with Crippen molar-refractivity contribution in [3.63, 3.8) is 0 Å². The van der Waals surface area contributed by atoms with Crippen molar-refractivity contribution in [3.8, 4) is 17.4 Å². The average Bonchev–Trinajstić information content (AvgIpc) is 3.42. The average molecular weight is 420 g/mol. The van der Waals surface area contributed by atoms with E-state index in [9.17, 15) is 9.59 Å². The van der Waals surface area contributed by atoms with Crippen LogP contribution in [0.5, 0.6) is 5.88 Å². The Morgan fingerprint density at radius 3 is 3.03 bits per heavy atom. The normalized spacial score (nSPS) is 16.2. The summed E-state index contributed by atoms with van der Waals surface area (Å²) in [6, 6.07) is 9.58. The molecule has 9 heteroatoms. The monoisotopic (exact) mass is 420 g/mol. The van der Waals surface area contributed by atoms with Crippen LogP contribution in [-0.4, -0.2) is 68.7 Å². The maximum Gasteiger partial charge on any atom is 0.340 e. The molecular weight excluding hydrogens is 396 g/mol. The van der Waals surface area contributed by atoms with Crippen molar-refractivity contribution in [2.45, 2.75) is 12.5 Å². The summed E-state index contributed by atoms with van der Waals surface area (Å²) in [5.41, 5.74) is 0.108. The summed E-state index contributed by atoms with van der Waals surface area (Å²) in [6.45, 7) is 5.42. The van der Waals surface area contributed by atoms with E-state index in [0.29, 0.717) is 43.5 Å². The van der Waals surface area contributed by atoms with Crippen molar-refractivity contribution in [1.29, 1.82) is 0 Å². The Hall–Kier alpha value is -3.88. The quantitative estimate of drug-likeness (QED) is 0.566. The molecule has 0 saturated carbocycles. The summed E-state index contributed by atoms with van der Waals surface area (Å²) < 4.78 is 6.22. The van der Waals surface area contributed by atoms with Gasteiger partial charge in [0.1, 0.15) is 11.8 Å².